The van der Waals surface area contributed by atoms with Crippen LogP contribution in [-0.4, -0.2) is 17.7 Å². The van der Waals surface area contributed by atoms with E-state index in [-0.39, 0.29) is 5.56 Å². The predicted molar refractivity (Wildman–Crippen MR) is 90.7 cm³/mol. The van der Waals surface area contributed by atoms with Crippen LogP contribution in [0, 0.1) is 0 Å². The van der Waals surface area contributed by atoms with E-state index in [0.29, 0.717) is 33.7 Å². The summed E-state index contributed by atoms with van der Waals surface area (Å²) in [6.07, 6.45) is 0. The molecule has 0 unspecified atom stereocenters. The van der Waals surface area contributed by atoms with Crippen molar-refractivity contribution in [2.45, 2.75) is 13.5 Å². The van der Waals surface area contributed by atoms with E-state index in [1.807, 2.05) is 37.3 Å². The maximum absolute atomic E-state index is 11.3. The van der Waals surface area contributed by atoms with Crippen LogP contribution in [0.25, 0.3) is 0 Å². The minimum atomic E-state index is -1.04. The van der Waals surface area contributed by atoms with Crippen molar-refractivity contribution in [2.24, 2.45) is 0 Å². The molecule has 6 heteroatoms. The molecule has 1 N–H and O–H groups in total. The Bertz CT molecular complexity index is 672. The van der Waals surface area contributed by atoms with E-state index in [0.717, 1.165) is 5.56 Å². The van der Waals surface area contributed by atoms with Crippen molar-refractivity contribution < 1.29 is 19.4 Å². The highest BCUT2D eigenvalue weighted by atomic mass is 79.9. The molecule has 0 saturated heterocycles. The second-order valence-electron chi connectivity index (χ2n) is 4.39. The summed E-state index contributed by atoms with van der Waals surface area (Å²) >= 11 is 6.66. The molecule has 2 aromatic rings. The van der Waals surface area contributed by atoms with E-state index in [2.05, 4.69) is 31.9 Å². The van der Waals surface area contributed by atoms with Gasteiger partial charge in [0.05, 0.1) is 21.1 Å². The number of aromatic carboxylic acids is 1. The highest BCUT2D eigenvalue weighted by Crippen LogP contribution is 2.43. The number of carboxylic acid groups (broad SMARTS) is 1. The molecular formula is C16H14Br2O4. The minimum Gasteiger partial charge on any atom is -0.490 e. The highest BCUT2D eigenvalue weighted by Gasteiger charge is 2.21. The summed E-state index contributed by atoms with van der Waals surface area (Å²) in [6, 6.07) is 11.2. The first-order valence-electron chi connectivity index (χ1n) is 6.59. The van der Waals surface area contributed by atoms with E-state index < -0.39 is 5.97 Å². The number of hydrogen-bond acceptors (Lipinski definition) is 3. The van der Waals surface area contributed by atoms with Crippen molar-refractivity contribution >= 4 is 37.8 Å². The van der Waals surface area contributed by atoms with Gasteiger partial charge in [-0.1, -0.05) is 30.3 Å². The molecule has 0 heterocycles. The Morgan fingerprint density at radius 2 is 1.82 bits per heavy atom. The van der Waals surface area contributed by atoms with Crippen molar-refractivity contribution in [3.05, 3.63) is 56.5 Å². The molecule has 2 rings (SSSR count). The summed E-state index contributed by atoms with van der Waals surface area (Å²) in [6.45, 7) is 2.60. The van der Waals surface area contributed by atoms with Gasteiger partial charge in [0.25, 0.3) is 0 Å². The molecule has 0 aromatic heterocycles. The van der Waals surface area contributed by atoms with Crippen LogP contribution in [0.15, 0.2) is 45.3 Å². The van der Waals surface area contributed by atoms with Crippen LogP contribution in [0.2, 0.25) is 0 Å². The zero-order valence-corrected chi connectivity index (χ0v) is 15.0. The number of halogens is 2. The molecule has 0 aliphatic heterocycles. The molecule has 116 valence electrons. The number of rotatable bonds is 6. The third-order valence-corrected chi connectivity index (χ3v) is 5.00. The first-order chi connectivity index (χ1) is 10.5. The molecule has 0 aliphatic rings. The quantitative estimate of drug-likeness (QED) is 0.710. The van der Waals surface area contributed by atoms with Gasteiger partial charge in [-0.2, -0.15) is 0 Å². The Balaban J connectivity index is 2.36. The molecule has 4 nitrogen and oxygen atoms in total. The van der Waals surface area contributed by atoms with Gasteiger partial charge < -0.3 is 14.6 Å². The van der Waals surface area contributed by atoms with Crippen LogP contribution < -0.4 is 9.47 Å². The summed E-state index contributed by atoms with van der Waals surface area (Å²) in [5, 5.41) is 9.23. The average molecular weight is 430 g/mol. The molecule has 0 aliphatic carbocycles. The fourth-order valence-corrected chi connectivity index (χ4v) is 2.86. The SMILES string of the molecule is CCOc1cc(C(=O)O)c(Br)c(Br)c1OCc1ccccc1. The van der Waals surface area contributed by atoms with Gasteiger partial charge in [-0.05, 0) is 50.4 Å². The van der Waals surface area contributed by atoms with Crippen LogP contribution in [-0.2, 0) is 6.61 Å². The molecule has 22 heavy (non-hydrogen) atoms. The first kappa shape index (κ1) is 16.8. The van der Waals surface area contributed by atoms with E-state index in [9.17, 15) is 9.90 Å². The number of carbonyl (C=O) groups is 1. The van der Waals surface area contributed by atoms with E-state index in [4.69, 9.17) is 9.47 Å². The summed E-state index contributed by atoms with van der Waals surface area (Å²) in [5.41, 5.74) is 1.12. The smallest absolute Gasteiger partial charge is 0.337 e. The Hall–Kier alpha value is -1.53. The molecule has 0 fully saturated rings. The van der Waals surface area contributed by atoms with Crippen LogP contribution >= 0.6 is 31.9 Å². The molecule has 0 spiro atoms. The first-order valence-corrected chi connectivity index (χ1v) is 8.18. The monoisotopic (exact) mass is 428 g/mol. The summed E-state index contributed by atoms with van der Waals surface area (Å²) in [5.74, 6) is -0.170. The molecule has 0 amide bonds. The van der Waals surface area contributed by atoms with Crippen molar-refractivity contribution in [3.63, 3.8) is 0 Å². The van der Waals surface area contributed by atoms with Crippen LogP contribution in [0.3, 0.4) is 0 Å². The largest absolute Gasteiger partial charge is 0.490 e. The zero-order valence-electron chi connectivity index (χ0n) is 11.8. The van der Waals surface area contributed by atoms with Crippen molar-refractivity contribution in [2.75, 3.05) is 6.61 Å². The molecule has 0 atom stereocenters. The molecule has 0 bridgehead atoms. The fraction of sp³-hybridized carbons (Fsp3) is 0.188. The van der Waals surface area contributed by atoms with Gasteiger partial charge in [0.1, 0.15) is 6.61 Å². The molecule has 0 radical (unpaired) electrons. The zero-order chi connectivity index (χ0) is 16.1. The lowest BCUT2D eigenvalue weighted by atomic mass is 10.2. The molecule has 0 saturated carbocycles. The number of hydrogen-bond donors (Lipinski definition) is 1. The lowest BCUT2D eigenvalue weighted by Gasteiger charge is -2.16. The Kier molecular flexibility index (Phi) is 5.85. The van der Waals surface area contributed by atoms with Gasteiger partial charge in [0.2, 0.25) is 0 Å². The Morgan fingerprint density at radius 1 is 1.14 bits per heavy atom. The number of ether oxygens (including phenoxy) is 2. The average Bonchev–Trinajstić information content (AvgIpc) is 2.51. The fourth-order valence-electron chi connectivity index (χ4n) is 1.87. The van der Waals surface area contributed by atoms with Crippen molar-refractivity contribution in [1.29, 1.82) is 0 Å². The van der Waals surface area contributed by atoms with Gasteiger partial charge in [0, 0.05) is 0 Å². The lowest BCUT2D eigenvalue weighted by molar-refractivity contribution is 0.0695. The molecular weight excluding hydrogens is 416 g/mol. The van der Waals surface area contributed by atoms with Crippen molar-refractivity contribution in [3.8, 4) is 11.5 Å². The van der Waals surface area contributed by atoms with E-state index in [1.165, 1.54) is 6.07 Å². The predicted octanol–water partition coefficient (Wildman–Crippen LogP) is 4.89. The maximum atomic E-state index is 11.3. The van der Waals surface area contributed by atoms with Crippen LogP contribution in [0.1, 0.15) is 22.8 Å². The number of carboxylic acids is 1. The maximum Gasteiger partial charge on any atom is 0.337 e. The van der Waals surface area contributed by atoms with Gasteiger partial charge in [-0.3, -0.25) is 0 Å². The van der Waals surface area contributed by atoms with Gasteiger partial charge >= 0.3 is 5.97 Å². The van der Waals surface area contributed by atoms with Gasteiger partial charge in [-0.15, -0.1) is 0 Å². The third kappa shape index (κ3) is 3.81. The van der Waals surface area contributed by atoms with E-state index in [1.54, 1.807) is 0 Å². The summed E-state index contributed by atoms with van der Waals surface area (Å²) in [7, 11) is 0. The standard InChI is InChI=1S/C16H14Br2O4/c1-2-21-12-8-11(16(19)20)13(17)14(18)15(12)22-9-10-6-4-3-5-7-10/h3-8H,2,9H2,1H3,(H,19,20). The second kappa shape index (κ2) is 7.65. The van der Waals surface area contributed by atoms with Gasteiger partial charge in [-0.25, -0.2) is 4.79 Å². The lowest BCUT2D eigenvalue weighted by Crippen LogP contribution is -2.05. The van der Waals surface area contributed by atoms with Crippen LogP contribution in [0.5, 0.6) is 11.5 Å². The van der Waals surface area contributed by atoms with E-state index >= 15 is 0 Å². The molecule has 2 aromatic carbocycles. The Labute approximate surface area is 145 Å². The number of benzene rings is 2. The van der Waals surface area contributed by atoms with Gasteiger partial charge in [0.15, 0.2) is 11.5 Å². The van der Waals surface area contributed by atoms with Crippen molar-refractivity contribution in [1.82, 2.24) is 0 Å². The second-order valence-corrected chi connectivity index (χ2v) is 5.98. The highest BCUT2D eigenvalue weighted by molar-refractivity contribution is 9.13. The third-order valence-electron chi connectivity index (χ3n) is 2.88. The van der Waals surface area contributed by atoms with Crippen LogP contribution in [0.4, 0.5) is 0 Å². The Morgan fingerprint density at radius 3 is 2.41 bits per heavy atom. The normalized spacial score (nSPS) is 10.3. The minimum absolute atomic E-state index is 0.113. The topological polar surface area (TPSA) is 55.8 Å². The summed E-state index contributed by atoms with van der Waals surface area (Å²) in [4.78, 5) is 11.3. The summed E-state index contributed by atoms with van der Waals surface area (Å²) < 4.78 is 12.3.